The van der Waals surface area contributed by atoms with Gasteiger partial charge in [0.2, 0.25) is 0 Å². The van der Waals surface area contributed by atoms with Gasteiger partial charge in [-0.05, 0) is 30.3 Å². The number of aromatic nitrogens is 1. The van der Waals surface area contributed by atoms with Gasteiger partial charge >= 0.3 is 5.97 Å². The van der Waals surface area contributed by atoms with Gasteiger partial charge in [-0.2, -0.15) is 0 Å². The van der Waals surface area contributed by atoms with E-state index in [0.29, 0.717) is 11.4 Å². The molecule has 6 nitrogen and oxygen atoms in total. The number of carbonyl (C=O) groups excluding carboxylic acids is 1. The van der Waals surface area contributed by atoms with Crippen molar-refractivity contribution in [2.24, 2.45) is 0 Å². The van der Waals surface area contributed by atoms with Crippen molar-refractivity contribution in [1.29, 1.82) is 0 Å². The van der Waals surface area contributed by atoms with E-state index in [4.69, 9.17) is 22.4 Å². The van der Waals surface area contributed by atoms with Gasteiger partial charge in [-0.3, -0.25) is 4.79 Å². The predicted molar refractivity (Wildman–Crippen MR) is 75.0 cm³/mol. The molecule has 0 aliphatic carbocycles. The molecule has 2 rings (SSSR count). The molecule has 0 bridgehead atoms. The van der Waals surface area contributed by atoms with Crippen LogP contribution in [0.1, 0.15) is 20.8 Å². The van der Waals surface area contributed by atoms with E-state index in [1.807, 2.05) is 0 Å². The summed E-state index contributed by atoms with van der Waals surface area (Å²) < 4.78 is 0. The second kappa shape index (κ2) is 5.58. The maximum absolute atomic E-state index is 11.9. The Labute approximate surface area is 119 Å². The van der Waals surface area contributed by atoms with Crippen LogP contribution in [0.25, 0.3) is 0 Å². The summed E-state index contributed by atoms with van der Waals surface area (Å²) in [6.07, 6.45) is 1.37. The molecule has 1 aromatic heterocycles. The number of nitrogens with two attached hydrogens (primary N) is 1. The van der Waals surface area contributed by atoms with Crippen LogP contribution in [0.4, 0.5) is 11.4 Å². The van der Waals surface area contributed by atoms with Crippen molar-refractivity contribution in [2.45, 2.75) is 0 Å². The molecule has 0 fully saturated rings. The molecule has 4 N–H and O–H groups in total. The number of carbonyl (C=O) groups is 2. The number of rotatable bonds is 3. The highest BCUT2D eigenvalue weighted by atomic mass is 35.5. The molecule has 0 aliphatic rings. The summed E-state index contributed by atoms with van der Waals surface area (Å²) in [4.78, 5) is 26.6. The topological polar surface area (TPSA) is 105 Å². The standard InChI is InChI=1S/C13H10ClN3O3/c14-9-5-7(13(19)20)1-3-10(9)17-12(18)11-4-2-8(15)6-16-11/h1-6H,15H2,(H,17,18)(H,19,20). The van der Waals surface area contributed by atoms with Gasteiger partial charge in [-0.15, -0.1) is 0 Å². The first kappa shape index (κ1) is 13.8. The normalized spacial score (nSPS) is 10.1. The average molecular weight is 292 g/mol. The Morgan fingerprint density at radius 3 is 2.55 bits per heavy atom. The third kappa shape index (κ3) is 3.04. The zero-order valence-electron chi connectivity index (χ0n) is 10.1. The number of carboxylic acid groups (broad SMARTS) is 1. The fraction of sp³-hybridized carbons (Fsp3) is 0. The number of nitrogens with zero attached hydrogens (tertiary/aromatic N) is 1. The SMILES string of the molecule is Nc1ccc(C(=O)Nc2ccc(C(=O)O)cc2Cl)nc1. The largest absolute Gasteiger partial charge is 0.478 e. The van der Waals surface area contributed by atoms with E-state index in [9.17, 15) is 9.59 Å². The highest BCUT2D eigenvalue weighted by molar-refractivity contribution is 6.34. The first-order valence-corrected chi connectivity index (χ1v) is 5.91. The Kier molecular flexibility index (Phi) is 3.86. The minimum atomic E-state index is -1.09. The molecular weight excluding hydrogens is 282 g/mol. The number of hydrogen-bond donors (Lipinski definition) is 3. The third-order valence-electron chi connectivity index (χ3n) is 2.48. The van der Waals surface area contributed by atoms with Crippen LogP contribution in [-0.2, 0) is 0 Å². The molecule has 102 valence electrons. The lowest BCUT2D eigenvalue weighted by molar-refractivity contribution is 0.0696. The number of benzene rings is 1. The number of carboxylic acids is 1. The van der Waals surface area contributed by atoms with Crippen LogP contribution in [0.2, 0.25) is 5.02 Å². The summed E-state index contributed by atoms with van der Waals surface area (Å²) in [6.45, 7) is 0. The van der Waals surface area contributed by atoms with Gasteiger partial charge in [0.05, 0.1) is 28.2 Å². The average Bonchev–Trinajstić information content (AvgIpc) is 2.41. The lowest BCUT2D eigenvalue weighted by Crippen LogP contribution is -2.14. The summed E-state index contributed by atoms with van der Waals surface area (Å²) in [5.74, 6) is -1.56. The molecule has 0 spiro atoms. The van der Waals surface area contributed by atoms with Crippen LogP contribution >= 0.6 is 11.6 Å². The second-order valence-electron chi connectivity index (χ2n) is 3.93. The first-order valence-electron chi connectivity index (χ1n) is 5.53. The zero-order valence-corrected chi connectivity index (χ0v) is 10.9. The summed E-state index contributed by atoms with van der Waals surface area (Å²) in [5, 5.41) is 11.5. The number of amides is 1. The van der Waals surface area contributed by atoms with Crippen molar-refractivity contribution >= 4 is 34.9 Å². The quantitative estimate of drug-likeness (QED) is 0.804. The van der Waals surface area contributed by atoms with Crippen LogP contribution in [-0.4, -0.2) is 22.0 Å². The number of nitrogen functional groups attached to an aromatic ring is 1. The smallest absolute Gasteiger partial charge is 0.335 e. The highest BCUT2D eigenvalue weighted by Crippen LogP contribution is 2.23. The fourth-order valence-corrected chi connectivity index (χ4v) is 1.70. The Hall–Kier alpha value is -2.60. The number of aromatic carboxylic acids is 1. The molecule has 7 heteroatoms. The van der Waals surface area contributed by atoms with Crippen LogP contribution in [0.5, 0.6) is 0 Å². The van der Waals surface area contributed by atoms with E-state index in [1.54, 1.807) is 6.07 Å². The summed E-state index contributed by atoms with van der Waals surface area (Å²) >= 11 is 5.91. The van der Waals surface area contributed by atoms with E-state index < -0.39 is 11.9 Å². The lowest BCUT2D eigenvalue weighted by atomic mass is 10.2. The van der Waals surface area contributed by atoms with Gasteiger partial charge in [0, 0.05) is 0 Å². The Bertz CT molecular complexity index is 671. The second-order valence-corrected chi connectivity index (χ2v) is 4.34. The van der Waals surface area contributed by atoms with E-state index >= 15 is 0 Å². The van der Waals surface area contributed by atoms with Crippen molar-refractivity contribution < 1.29 is 14.7 Å². The molecule has 1 amide bonds. The highest BCUT2D eigenvalue weighted by Gasteiger charge is 2.11. The first-order chi connectivity index (χ1) is 9.47. The van der Waals surface area contributed by atoms with Crippen LogP contribution in [0.15, 0.2) is 36.5 Å². The maximum atomic E-state index is 11.9. The van der Waals surface area contributed by atoms with Crippen molar-refractivity contribution in [3.63, 3.8) is 0 Å². The molecule has 0 radical (unpaired) electrons. The molecule has 0 atom stereocenters. The Morgan fingerprint density at radius 1 is 1.25 bits per heavy atom. The third-order valence-corrected chi connectivity index (χ3v) is 2.80. The minimum absolute atomic E-state index is 0.0404. The van der Waals surface area contributed by atoms with Gasteiger partial charge in [0.25, 0.3) is 5.91 Å². The molecule has 0 saturated heterocycles. The Balaban J connectivity index is 2.19. The van der Waals surface area contributed by atoms with Crippen molar-refractivity contribution in [1.82, 2.24) is 4.98 Å². The maximum Gasteiger partial charge on any atom is 0.335 e. The van der Waals surface area contributed by atoms with Crippen LogP contribution in [0, 0.1) is 0 Å². The number of hydrogen-bond acceptors (Lipinski definition) is 4. The van der Waals surface area contributed by atoms with Crippen molar-refractivity contribution in [3.8, 4) is 0 Å². The van der Waals surface area contributed by atoms with E-state index in [1.165, 1.54) is 30.5 Å². The number of anilines is 2. The zero-order chi connectivity index (χ0) is 14.7. The summed E-state index contributed by atoms with van der Waals surface area (Å²) in [7, 11) is 0. The molecule has 0 unspecified atom stereocenters. The van der Waals surface area contributed by atoms with Gasteiger partial charge in [-0.25, -0.2) is 9.78 Å². The monoisotopic (exact) mass is 291 g/mol. The minimum Gasteiger partial charge on any atom is -0.478 e. The number of pyridine rings is 1. The lowest BCUT2D eigenvalue weighted by Gasteiger charge is -2.07. The van der Waals surface area contributed by atoms with Gasteiger partial charge < -0.3 is 16.2 Å². The van der Waals surface area contributed by atoms with Gasteiger partial charge in [0.1, 0.15) is 5.69 Å². The Morgan fingerprint density at radius 2 is 2.00 bits per heavy atom. The van der Waals surface area contributed by atoms with E-state index in [0.717, 1.165) is 0 Å². The fourth-order valence-electron chi connectivity index (χ4n) is 1.48. The van der Waals surface area contributed by atoms with Crippen LogP contribution in [0.3, 0.4) is 0 Å². The molecule has 1 heterocycles. The van der Waals surface area contributed by atoms with E-state index in [2.05, 4.69) is 10.3 Å². The van der Waals surface area contributed by atoms with Crippen molar-refractivity contribution in [2.75, 3.05) is 11.1 Å². The molecule has 1 aromatic carbocycles. The van der Waals surface area contributed by atoms with Crippen molar-refractivity contribution in [3.05, 3.63) is 52.8 Å². The predicted octanol–water partition coefficient (Wildman–Crippen LogP) is 2.27. The molecule has 0 saturated carbocycles. The summed E-state index contributed by atoms with van der Waals surface area (Å²) in [6, 6.07) is 7.05. The van der Waals surface area contributed by atoms with E-state index in [-0.39, 0.29) is 16.3 Å². The molecule has 2 aromatic rings. The molecular formula is C13H10ClN3O3. The van der Waals surface area contributed by atoms with Crippen LogP contribution < -0.4 is 11.1 Å². The number of nitrogens with one attached hydrogen (secondary N) is 1. The number of halogens is 1. The van der Waals surface area contributed by atoms with Gasteiger partial charge in [-0.1, -0.05) is 11.6 Å². The van der Waals surface area contributed by atoms with Gasteiger partial charge in [0.15, 0.2) is 0 Å². The summed E-state index contributed by atoms with van der Waals surface area (Å²) in [5.41, 5.74) is 6.45. The molecule has 0 aliphatic heterocycles. The molecule has 20 heavy (non-hydrogen) atoms.